The number of amides is 1. The fourth-order valence-electron chi connectivity index (χ4n) is 2.04. The van der Waals surface area contributed by atoms with Crippen LogP contribution in [0.3, 0.4) is 0 Å². The second-order valence-electron chi connectivity index (χ2n) is 5.14. The van der Waals surface area contributed by atoms with Crippen molar-refractivity contribution >= 4 is 46.6 Å². The van der Waals surface area contributed by atoms with E-state index in [0.717, 1.165) is 11.6 Å². The molecule has 134 valence electrons. The molecule has 8 heteroatoms. The van der Waals surface area contributed by atoms with E-state index in [1.807, 2.05) is 6.07 Å². The van der Waals surface area contributed by atoms with Gasteiger partial charge in [-0.05, 0) is 29.8 Å². The van der Waals surface area contributed by atoms with Crippen molar-refractivity contribution in [3.8, 4) is 0 Å². The minimum absolute atomic E-state index is 0.109. The molecule has 0 radical (unpaired) electrons. The smallest absolute Gasteiger partial charge is 0.325 e. The topological polar surface area (TPSA) is 29.1 Å². The lowest BCUT2D eigenvalue weighted by molar-refractivity contribution is -0.137. The lowest BCUT2D eigenvalue weighted by atomic mass is 10.1. The molecule has 0 atom stereocenters. The Labute approximate surface area is 157 Å². The van der Waals surface area contributed by atoms with Gasteiger partial charge in [0, 0.05) is 17.9 Å². The maximum absolute atomic E-state index is 12.9. The van der Waals surface area contributed by atoms with Gasteiger partial charge in [0.1, 0.15) is 0 Å². The summed E-state index contributed by atoms with van der Waals surface area (Å²) >= 11 is 13.2. The summed E-state index contributed by atoms with van der Waals surface area (Å²) in [6.07, 6.45) is -4.40. The van der Waals surface area contributed by atoms with Gasteiger partial charge in [0.2, 0.25) is 5.91 Å². The molecule has 0 unspecified atom stereocenters. The highest BCUT2D eigenvalue weighted by Crippen LogP contribution is 2.34. The molecular formula is C17H14Cl2F3NOS. The summed E-state index contributed by atoms with van der Waals surface area (Å²) in [5.41, 5.74) is -0.122. The molecule has 1 amide bonds. The number of hydrogen-bond acceptors (Lipinski definition) is 2. The molecule has 2 nitrogen and oxygen atoms in total. The molecule has 25 heavy (non-hydrogen) atoms. The summed E-state index contributed by atoms with van der Waals surface area (Å²) < 4.78 is 38.6. The van der Waals surface area contributed by atoms with Gasteiger partial charge in [0.25, 0.3) is 0 Å². The normalized spacial score (nSPS) is 11.4. The number of thioether (sulfide) groups is 1. The van der Waals surface area contributed by atoms with E-state index in [1.54, 1.807) is 12.1 Å². The van der Waals surface area contributed by atoms with Gasteiger partial charge < -0.3 is 5.32 Å². The number of anilines is 1. The zero-order valence-electron chi connectivity index (χ0n) is 12.9. The van der Waals surface area contributed by atoms with Crippen molar-refractivity contribution < 1.29 is 18.0 Å². The fraction of sp³-hybridized carbons (Fsp3) is 0.235. The first-order valence-corrected chi connectivity index (χ1v) is 9.16. The number of halogens is 5. The highest BCUT2D eigenvalue weighted by molar-refractivity contribution is 7.98. The molecule has 1 N–H and O–H groups in total. The molecule has 0 aliphatic heterocycles. The highest BCUT2D eigenvalue weighted by Gasteiger charge is 2.33. The van der Waals surface area contributed by atoms with Crippen molar-refractivity contribution in [1.82, 2.24) is 0 Å². The Morgan fingerprint density at radius 2 is 1.80 bits per heavy atom. The first kappa shape index (κ1) is 19.9. The first-order valence-electron chi connectivity index (χ1n) is 7.25. The quantitative estimate of drug-likeness (QED) is 0.571. The third-order valence-corrected chi connectivity index (χ3v) is 5.00. The van der Waals surface area contributed by atoms with Crippen molar-refractivity contribution in [3.63, 3.8) is 0 Å². The lowest BCUT2D eigenvalue weighted by Gasteiger charge is -2.13. The standard InChI is InChI=1S/C17H14Cl2F3NOS/c18-13-6-5-11(9-14(13)19)10-25-8-7-16(24)23-15-4-2-1-3-12(15)17(20,21)22/h1-6,9H,7-8,10H2,(H,23,24). The van der Waals surface area contributed by atoms with E-state index >= 15 is 0 Å². The molecule has 0 fully saturated rings. The Morgan fingerprint density at radius 3 is 2.48 bits per heavy atom. The summed E-state index contributed by atoms with van der Waals surface area (Å²) in [4.78, 5) is 11.9. The number of carbonyl (C=O) groups excluding carboxylic acids is 1. The van der Waals surface area contributed by atoms with E-state index in [9.17, 15) is 18.0 Å². The van der Waals surface area contributed by atoms with Gasteiger partial charge in [0.15, 0.2) is 0 Å². The van der Waals surface area contributed by atoms with E-state index in [4.69, 9.17) is 23.2 Å². The van der Waals surface area contributed by atoms with Crippen molar-refractivity contribution in [2.24, 2.45) is 0 Å². The molecule has 0 spiro atoms. The number of nitrogens with one attached hydrogen (secondary N) is 1. The van der Waals surface area contributed by atoms with Crippen LogP contribution in [0.1, 0.15) is 17.5 Å². The maximum atomic E-state index is 12.9. The van der Waals surface area contributed by atoms with Crippen molar-refractivity contribution in [1.29, 1.82) is 0 Å². The number of carbonyl (C=O) groups is 1. The van der Waals surface area contributed by atoms with E-state index in [1.165, 1.54) is 30.0 Å². The van der Waals surface area contributed by atoms with Gasteiger partial charge in [-0.1, -0.05) is 41.4 Å². The van der Waals surface area contributed by atoms with Crippen LogP contribution in [0.4, 0.5) is 18.9 Å². The largest absolute Gasteiger partial charge is 0.418 e. The van der Waals surface area contributed by atoms with Crippen LogP contribution in [-0.4, -0.2) is 11.7 Å². The van der Waals surface area contributed by atoms with Crippen LogP contribution in [0.15, 0.2) is 42.5 Å². The summed E-state index contributed by atoms with van der Waals surface area (Å²) in [6, 6.07) is 10.2. The average Bonchev–Trinajstić information content (AvgIpc) is 2.54. The second-order valence-corrected chi connectivity index (χ2v) is 7.06. The number of para-hydroxylation sites is 1. The summed E-state index contributed by atoms with van der Waals surface area (Å²) in [7, 11) is 0. The van der Waals surface area contributed by atoms with Gasteiger partial charge in [-0.2, -0.15) is 24.9 Å². The predicted octanol–water partition coefficient (Wildman–Crippen LogP) is 6.27. The van der Waals surface area contributed by atoms with Crippen LogP contribution in [0.25, 0.3) is 0 Å². The molecule has 0 heterocycles. The maximum Gasteiger partial charge on any atom is 0.418 e. The van der Waals surface area contributed by atoms with Crippen molar-refractivity contribution in [3.05, 3.63) is 63.6 Å². The molecule has 0 bridgehead atoms. The highest BCUT2D eigenvalue weighted by atomic mass is 35.5. The Kier molecular flexibility index (Phi) is 7.04. The molecule has 0 saturated carbocycles. The fourth-order valence-corrected chi connectivity index (χ4v) is 3.25. The van der Waals surface area contributed by atoms with E-state index < -0.39 is 17.6 Å². The molecule has 0 saturated heterocycles. The number of benzene rings is 2. The van der Waals surface area contributed by atoms with Crippen LogP contribution in [-0.2, 0) is 16.7 Å². The summed E-state index contributed by atoms with van der Waals surface area (Å²) in [6.45, 7) is 0. The molecular weight excluding hydrogens is 394 g/mol. The average molecular weight is 408 g/mol. The van der Waals surface area contributed by atoms with Gasteiger partial charge in [-0.25, -0.2) is 0 Å². The molecule has 2 aromatic rings. The SMILES string of the molecule is O=C(CCSCc1ccc(Cl)c(Cl)c1)Nc1ccccc1C(F)(F)F. The number of alkyl halides is 3. The van der Waals surface area contributed by atoms with Crippen LogP contribution < -0.4 is 5.32 Å². The van der Waals surface area contributed by atoms with E-state index in [2.05, 4.69) is 5.32 Å². The van der Waals surface area contributed by atoms with Gasteiger partial charge in [0.05, 0.1) is 21.3 Å². The first-order chi connectivity index (χ1) is 11.8. The van der Waals surface area contributed by atoms with Crippen molar-refractivity contribution in [2.45, 2.75) is 18.3 Å². The van der Waals surface area contributed by atoms with Crippen LogP contribution in [0.2, 0.25) is 10.0 Å². The second kappa shape index (κ2) is 8.83. The predicted molar refractivity (Wildman–Crippen MR) is 97.3 cm³/mol. The monoisotopic (exact) mass is 407 g/mol. The summed E-state index contributed by atoms with van der Waals surface area (Å²) in [5.74, 6) is 0.641. The number of rotatable bonds is 6. The molecule has 0 aliphatic rings. The Hall–Kier alpha value is -1.37. The Morgan fingerprint density at radius 1 is 1.08 bits per heavy atom. The Balaban J connectivity index is 1.82. The molecule has 2 aromatic carbocycles. The van der Waals surface area contributed by atoms with Gasteiger partial charge in [-0.15, -0.1) is 0 Å². The third-order valence-electron chi connectivity index (χ3n) is 3.23. The molecule has 2 rings (SSSR count). The van der Waals surface area contributed by atoms with E-state index in [-0.39, 0.29) is 12.1 Å². The Bertz CT molecular complexity index is 753. The van der Waals surface area contributed by atoms with E-state index in [0.29, 0.717) is 21.6 Å². The minimum atomic E-state index is -4.51. The van der Waals surface area contributed by atoms with Crippen LogP contribution in [0, 0.1) is 0 Å². The van der Waals surface area contributed by atoms with Crippen LogP contribution >= 0.6 is 35.0 Å². The zero-order valence-corrected chi connectivity index (χ0v) is 15.2. The third kappa shape index (κ3) is 6.13. The van der Waals surface area contributed by atoms with Crippen LogP contribution in [0.5, 0.6) is 0 Å². The number of hydrogen-bond donors (Lipinski definition) is 1. The molecule has 0 aromatic heterocycles. The zero-order chi connectivity index (χ0) is 18.4. The minimum Gasteiger partial charge on any atom is -0.325 e. The summed E-state index contributed by atoms with van der Waals surface area (Å²) in [5, 5.41) is 3.25. The van der Waals surface area contributed by atoms with Gasteiger partial charge in [-0.3, -0.25) is 4.79 Å². The lowest BCUT2D eigenvalue weighted by Crippen LogP contribution is -2.16. The van der Waals surface area contributed by atoms with Gasteiger partial charge >= 0.3 is 6.18 Å². The van der Waals surface area contributed by atoms with Crippen molar-refractivity contribution in [2.75, 3.05) is 11.1 Å². The molecule has 0 aliphatic carbocycles.